The first kappa shape index (κ1) is 21.0. The molecule has 1 aromatic rings. The normalized spacial score (nSPS) is 22.2. The van der Waals surface area contributed by atoms with Crippen LogP contribution < -0.4 is 0 Å². The molecular weight excluding hydrogens is 384 g/mol. The quantitative estimate of drug-likeness (QED) is 0.747. The first-order valence-corrected chi connectivity index (χ1v) is 10.7. The maximum Gasteiger partial charge on any atom is 0.245 e. The third-order valence-corrected chi connectivity index (χ3v) is 6.47. The van der Waals surface area contributed by atoms with Crippen LogP contribution in [0, 0.1) is 17.6 Å². The van der Waals surface area contributed by atoms with Gasteiger partial charge in [0, 0.05) is 37.8 Å². The van der Waals surface area contributed by atoms with Crippen molar-refractivity contribution in [3.05, 3.63) is 35.4 Å². The largest absolute Gasteiger partial charge is 0.338 e. The average molecular weight is 412 g/mol. The van der Waals surface area contributed by atoms with Gasteiger partial charge in [-0.15, -0.1) is 11.8 Å². The maximum absolute atomic E-state index is 14.4. The summed E-state index contributed by atoms with van der Waals surface area (Å²) < 4.78 is 27.8. The summed E-state index contributed by atoms with van der Waals surface area (Å²) in [5, 5.41) is -0.617. The van der Waals surface area contributed by atoms with Crippen LogP contribution in [0.3, 0.4) is 0 Å². The van der Waals surface area contributed by atoms with Crippen LogP contribution in [0.5, 0.6) is 0 Å². The Bertz CT molecular complexity index is 738. The molecule has 2 amide bonds. The number of amides is 2. The van der Waals surface area contributed by atoms with Crippen LogP contribution in [0.1, 0.15) is 31.2 Å². The van der Waals surface area contributed by atoms with Crippen molar-refractivity contribution in [1.29, 1.82) is 0 Å². The number of benzene rings is 1. The molecule has 2 atom stereocenters. The van der Waals surface area contributed by atoms with E-state index in [9.17, 15) is 18.4 Å². The zero-order valence-corrected chi connectivity index (χ0v) is 17.3. The number of carbonyl (C=O) groups is 2. The molecule has 154 valence electrons. The topological polar surface area (TPSA) is 43.9 Å². The van der Waals surface area contributed by atoms with E-state index in [0.717, 1.165) is 19.2 Å². The predicted octanol–water partition coefficient (Wildman–Crippen LogP) is 2.73. The second-order valence-corrected chi connectivity index (χ2v) is 8.97. The highest BCUT2D eigenvalue weighted by Gasteiger charge is 2.43. The van der Waals surface area contributed by atoms with Crippen molar-refractivity contribution in [2.24, 2.45) is 5.92 Å². The Balaban J connectivity index is 1.90. The van der Waals surface area contributed by atoms with Gasteiger partial charge in [0.05, 0.1) is 5.75 Å². The standard InChI is InChI=1S/C20H27F2N3O2S/c1-13(2)10-17(19(27)24-8-6-23(3)7-9-24)25-18(26)12-28-20(25)15-5-4-14(21)11-16(15)22/h4-5,11,13,17,20H,6-10,12H2,1-3H3/t17-,20+/m1/s1. The van der Waals surface area contributed by atoms with Gasteiger partial charge in [0.1, 0.15) is 23.1 Å². The number of nitrogens with zero attached hydrogens (tertiary/aromatic N) is 3. The van der Waals surface area contributed by atoms with Crippen molar-refractivity contribution >= 4 is 23.6 Å². The molecule has 0 saturated carbocycles. The Kier molecular flexibility index (Phi) is 6.60. The van der Waals surface area contributed by atoms with E-state index in [0.29, 0.717) is 19.5 Å². The van der Waals surface area contributed by atoms with E-state index in [2.05, 4.69) is 4.90 Å². The third-order valence-electron chi connectivity index (χ3n) is 5.26. The lowest BCUT2D eigenvalue weighted by molar-refractivity contribution is -0.146. The fourth-order valence-corrected chi connectivity index (χ4v) is 4.98. The van der Waals surface area contributed by atoms with E-state index in [1.807, 2.05) is 20.9 Å². The van der Waals surface area contributed by atoms with Gasteiger partial charge < -0.3 is 14.7 Å². The number of likely N-dealkylation sites (N-methyl/N-ethyl adjacent to an activating group) is 1. The third kappa shape index (κ3) is 4.49. The Hall–Kier alpha value is -1.67. The van der Waals surface area contributed by atoms with Gasteiger partial charge in [-0.3, -0.25) is 9.59 Å². The summed E-state index contributed by atoms with van der Waals surface area (Å²) in [5.41, 5.74) is 0.247. The van der Waals surface area contributed by atoms with Gasteiger partial charge in [0.25, 0.3) is 0 Å². The average Bonchev–Trinajstić information content (AvgIpc) is 3.01. The minimum atomic E-state index is -0.687. The van der Waals surface area contributed by atoms with Crippen LogP contribution in [-0.4, -0.2) is 71.5 Å². The van der Waals surface area contributed by atoms with Crippen molar-refractivity contribution in [2.45, 2.75) is 31.7 Å². The van der Waals surface area contributed by atoms with Crippen molar-refractivity contribution in [3.63, 3.8) is 0 Å². The summed E-state index contributed by atoms with van der Waals surface area (Å²) in [4.78, 5) is 31.6. The van der Waals surface area contributed by atoms with Crippen LogP contribution in [0.15, 0.2) is 18.2 Å². The number of thioether (sulfide) groups is 1. The van der Waals surface area contributed by atoms with Crippen LogP contribution in [-0.2, 0) is 9.59 Å². The van der Waals surface area contributed by atoms with Gasteiger partial charge in [-0.05, 0) is 25.5 Å². The highest BCUT2D eigenvalue weighted by molar-refractivity contribution is 8.00. The Morgan fingerprint density at radius 2 is 1.89 bits per heavy atom. The lowest BCUT2D eigenvalue weighted by atomic mass is 9.99. The molecule has 3 rings (SSSR count). The molecular formula is C20H27F2N3O2S. The number of rotatable bonds is 5. The molecule has 1 aromatic carbocycles. The summed E-state index contributed by atoms with van der Waals surface area (Å²) in [6, 6.07) is 2.76. The fraction of sp³-hybridized carbons (Fsp3) is 0.600. The maximum atomic E-state index is 14.4. The van der Waals surface area contributed by atoms with Crippen molar-refractivity contribution in [1.82, 2.24) is 14.7 Å². The highest BCUT2D eigenvalue weighted by atomic mass is 32.2. The molecule has 0 spiro atoms. The first-order chi connectivity index (χ1) is 13.3. The molecule has 2 fully saturated rings. The van der Waals surface area contributed by atoms with Crippen molar-refractivity contribution < 1.29 is 18.4 Å². The zero-order chi connectivity index (χ0) is 20.4. The number of piperazine rings is 1. The molecule has 0 aromatic heterocycles. The summed E-state index contributed by atoms with van der Waals surface area (Å²) in [6.07, 6.45) is 0.511. The van der Waals surface area contributed by atoms with E-state index >= 15 is 0 Å². The SMILES string of the molecule is CC(C)C[C@H](C(=O)N1CCN(C)CC1)N1C(=O)CS[C@H]1c1ccc(F)cc1F. The molecule has 0 radical (unpaired) electrons. The fourth-order valence-electron chi connectivity index (χ4n) is 3.73. The molecule has 0 aliphatic carbocycles. The van der Waals surface area contributed by atoms with E-state index in [1.165, 1.54) is 28.8 Å². The van der Waals surface area contributed by atoms with Gasteiger partial charge in [-0.1, -0.05) is 19.9 Å². The monoisotopic (exact) mass is 411 g/mol. The summed E-state index contributed by atoms with van der Waals surface area (Å²) >= 11 is 1.29. The molecule has 8 heteroatoms. The second kappa shape index (κ2) is 8.78. The Labute approximate surface area is 169 Å². The Morgan fingerprint density at radius 1 is 1.21 bits per heavy atom. The highest BCUT2D eigenvalue weighted by Crippen LogP contribution is 2.42. The minimum absolute atomic E-state index is 0.0785. The van der Waals surface area contributed by atoms with Gasteiger partial charge in [-0.25, -0.2) is 8.78 Å². The van der Waals surface area contributed by atoms with E-state index in [4.69, 9.17) is 0 Å². The molecule has 2 saturated heterocycles. The first-order valence-electron chi connectivity index (χ1n) is 9.63. The molecule has 0 unspecified atom stereocenters. The number of hydrogen-bond acceptors (Lipinski definition) is 4. The number of hydrogen-bond donors (Lipinski definition) is 0. The van der Waals surface area contributed by atoms with Crippen LogP contribution >= 0.6 is 11.8 Å². The van der Waals surface area contributed by atoms with Gasteiger partial charge in [-0.2, -0.15) is 0 Å². The van der Waals surface area contributed by atoms with E-state index in [-0.39, 0.29) is 29.0 Å². The molecule has 0 N–H and O–H groups in total. The molecule has 2 heterocycles. The molecule has 5 nitrogen and oxygen atoms in total. The van der Waals surface area contributed by atoms with Crippen LogP contribution in [0.2, 0.25) is 0 Å². The van der Waals surface area contributed by atoms with Crippen LogP contribution in [0.25, 0.3) is 0 Å². The molecule has 0 bridgehead atoms. The van der Waals surface area contributed by atoms with Crippen molar-refractivity contribution in [3.8, 4) is 0 Å². The number of carbonyl (C=O) groups excluding carboxylic acids is 2. The number of halogens is 2. The van der Waals surface area contributed by atoms with Crippen molar-refractivity contribution in [2.75, 3.05) is 39.0 Å². The second-order valence-electron chi connectivity index (χ2n) is 7.90. The van der Waals surface area contributed by atoms with Gasteiger partial charge >= 0.3 is 0 Å². The summed E-state index contributed by atoms with van der Waals surface area (Å²) in [6.45, 7) is 6.83. The van der Waals surface area contributed by atoms with Gasteiger partial charge in [0.2, 0.25) is 11.8 Å². The summed E-state index contributed by atoms with van der Waals surface area (Å²) in [7, 11) is 2.02. The van der Waals surface area contributed by atoms with E-state index in [1.54, 1.807) is 4.90 Å². The molecule has 28 heavy (non-hydrogen) atoms. The molecule has 2 aliphatic rings. The predicted molar refractivity (Wildman–Crippen MR) is 106 cm³/mol. The van der Waals surface area contributed by atoms with E-state index < -0.39 is 23.1 Å². The zero-order valence-electron chi connectivity index (χ0n) is 16.5. The smallest absolute Gasteiger partial charge is 0.245 e. The minimum Gasteiger partial charge on any atom is -0.338 e. The summed E-state index contributed by atoms with van der Waals surface area (Å²) in [5.74, 6) is -1.22. The lowest BCUT2D eigenvalue weighted by Crippen LogP contribution is -2.55. The van der Waals surface area contributed by atoms with Crippen LogP contribution in [0.4, 0.5) is 8.78 Å². The Morgan fingerprint density at radius 3 is 2.50 bits per heavy atom. The molecule has 2 aliphatic heterocycles. The van der Waals surface area contributed by atoms with Gasteiger partial charge in [0.15, 0.2) is 0 Å². The lowest BCUT2D eigenvalue weighted by Gasteiger charge is -2.39.